The molecule has 5 nitrogen and oxygen atoms in total. The predicted molar refractivity (Wildman–Crippen MR) is 103 cm³/mol. The van der Waals surface area contributed by atoms with E-state index in [-0.39, 0.29) is 16.9 Å². The number of rotatable bonds is 2. The van der Waals surface area contributed by atoms with Crippen molar-refractivity contribution < 1.29 is 9.72 Å². The minimum Gasteiger partial charge on any atom is -0.347 e. The van der Waals surface area contributed by atoms with E-state index in [0.29, 0.717) is 5.57 Å². The summed E-state index contributed by atoms with van der Waals surface area (Å²) in [6, 6.07) is 4.36. The first-order valence-electron chi connectivity index (χ1n) is 8.49. The van der Waals surface area contributed by atoms with Crippen LogP contribution in [0.5, 0.6) is 0 Å². The lowest BCUT2D eigenvalue weighted by Gasteiger charge is -2.24. The molecule has 0 aromatic heterocycles. The van der Waals surface area contributed by atoms with Crippen molar-refractivity contribution in [3.63, 3.8) is 0 Å². The summed E-state index contributed by atoms with van der Waals surface area (Å²) < 4.78 is 0. The zero-order valence-electron chi connectivity index (χ0n) is 15.7. The number of carbonyl (C=O) groups is 1. The number of hydrogen-bond donors (Lipinski definition) is 0. The Balaban J connectivity index is 2.08. The molecule has 1 aliphatic heterocycles. The Morgan fingerprint density at radius 3 is 2.50 bits per heavy atom. The summed E-state index contributed by atoms with van der Waals surface area (Å²) in [6.45, 7) is 8.49. The first kappa shape index (κ1) is 17.9. The highest BCUT2D eigenvalue weighted by atomic mass is 16.6. The van der Waals surface area contributed by atoms with Crippen molar-refractivity contribution in [2.75, 3.05) is 11.9 Å². The van der Waals surface area contributed by atoms with Crippen molar-refractivity contribution in [3.8, 4) is 0 Å². The summed E-state index contributed by atoms with van der Waals surface area (Å²) >= 11 is 0. The molecule has 5 heteroatoms. The zero-order chi connectivity index (χ0) is 19.2. The lowest BCUT2D eigenvalue weighted by Crippen LogP contribution is -2.22. The Bertz CT molecular complexity index is 946. The SMILES string of the molecule is Cc1cc(C)c2c(c1)C(C)(C)/C(=C\C=C1\C=C([N+](=O)[O-])C=CC1=O)N2C. The van der Waals surface area contributed by atoms with E-state index in [1.54, 1.807) is 6.08 Å². The van der Waals surface area contributed by atoms with E-state index in [1.807, 2.05) is 13.1 Å². The van der Waals surface area contributed by atoms with E-state index in [4.69, 9.17) is 0 Å². The van der Waals surface area contributed by atoms with Gasteiger partial charge in [-0.1, -0.05) is 31.5 Å². The third-order valence-electron chi connectivity index (χ3n) is 5.08. The van der Waals surface area contributed by atoms with E-state index < -0.39 is 4.92 Å². The van der Waals surface area contributed by atoms with Gasteiger partial charge in [-0.05, 0) is 43.2 Å². The van der Waals surface area contributed by atoms with Crippen molar-refractivity contribution in [2.24, 2.45) is 0 Å². The number of benzene rings is 1. The molecule has 1 aliphatic carbocycles. The lowest BCUT2D eigenvalue weighted by atomic mass is 9.82. The molecule has 0 unspecified atom stereocenters. The van der Waals surface area contributed by atoms with E-state index in [2.05, 4.69) is 44.7 Å². The monoisotopic (exact) mass is 350 g/mol. The average molecular weight is 350 g/mol. The Kier molecular flexibility index (Phi) is 4.18. The maximum atomic E-state index is 12.1. The maximum absolute atomic E-state index is 12.1. The smallest absolute Gasteiger partial charge is 0.270 e. The highest BCUT2D eigenvalue weighted by Gasteiger charge is 2.39. The molecule has 0 radical (unpaired) electrons. The maximum Gasteiger partial charge on any atom is 0.270 e. The molecular formula is C21H22N2O3. The molecule has 0 spiro atoms. The fourth-order valence-corrected chi connectivity index (χ4v) is 3.83. The third-order valence-corrected chi connectivity index (χ3v) is 5.08. The van der Waals surface area contributed by atoms with Gasteiger partial charge in [0.05, 0.1) is 4.92 Å². The van der Waals surface area contributed by atoms with Gasteiger partial charge >= 0.3 is 0 Å². The molecule has 0 amide bonds. The van der Waals surface area contributed by atoms with Crippen LogP contribution < -0.4 is 4.90 Å². The number of anilines is 1. The summed E-state index contributed by atoms with van der Waals surface area (Å²) in [5.74, 6) is -0.226. The quantitative estimate of drug-likeness (QED) is 0.457. The molecule has 1 aromatic rings. The van der Waals surface area contributed by atoms with Crippen LogP contribution in [0.1, 0.15) is 30.5 Å². The molecule has 0 saturated carbocycles. The number of likely N-dealkylation sites (N-methyl/N-ethyl adjacent to an activating group) is 1. The largest absolute Gasteiger partial charge is 0.347 e. The van der Waals surface area contributed by atoms with Crippen LogP contribution in [0, 0.1) is 24.0 Å². The van der Waals surface area contributed by atoms with Crippen molar-refractivity contribution in [1.29, 1.82) is 0 Å². The second-order valence-corrected chi connectivity index (χ2v) is 7.36. The zero-order valence-corrected chi connectivity index (χ0v) is 15.7. The minimum atomic E-state index is -0.489. The summed E-state index contributed by atoms with van der Waals surface area (Å²) in [7, 11) is 2.02. The molecule has 0 atom stereocenters. The molecule has 0 saturated heterocycles. The first-order chi connectivity index (χ1) is 12.1. The number of allylic oxidation sites excluding steroid dienone is 7. The summed E-state index contributed by atoms with van der Waals surface area (Å²) in [5.41, 5.74) is 5.92. The molecule has 1 heterocycles. The Morgan fingerprint density at radius 2 is 1.85 bits per heavy atom. The third kappa shape index (κ3) is 2.79. The molecule has 0 N–H and O–H groups in total. The normalized spacial score (nSPS) is 21.3. The second-order valence-electron chi connectivity index (χ2n) is 7.36. The molecule has 26 heavy (non-hydrogen) atoms. The van der Waals surface area contributed by atoms with Crippen LogP contribution in [0.15, 0.2) is 59.5 Å². The molecule has 1 aromatic carbocycles. The van der Waals surface area contributed by atoms with Crippen LogP contribution in [-0.2, 0) is 10.2 Å². The van der Waals surface area contributed by atoms with Gasteiger partial charge in [-0.25, -0.2) is 0 Å². The standard InChI is InChI=1S/C21H22N2O3/c1-13-10-14(2)20-17(11-13)21(3,4)19(22(20)5)9-6-15-12-16(23(25)26)7-8-18(15)24/h6-12H,1-5H3/b15-6-,19-9+. The average Bonchev–Trinajstić information content (AvgIpc) is 2.73. The van der Waals surface area contributed by atoms with Crippen LogP contribution in [-0.4, -0.2) is 17.8 Å². The highest BCUT2D eigenvalue weighted by Crippen LogP contribution is 2.48. The lowest BCUT2D eigenvalue weighted by molar-refractivity contribution is -0.419. The Hall–Kier alpha value is -2.95. The number of nitro groups is 1. The first-order valence-corrected chi connectivity index (χ1v) is 8.49. The van der Waals surface area contributed by atoms with Crippen LogP contribution in [0.25, 0.3) is 0 Å². The van der Waals surface area contributed by atoms with Gasteiger partial charge in [-0.3, -0.25) is 14.9 Å². The summed E-state index contributed by atoms with van der Waals surface area (Å²) in [5, 5.41) is 11.0. The number of nitrogens with zero attached hydrogens (tertiary/aromatic N) is 2. The fourth-order valence-electron chi connectivity index (χ4n) is 3.83. The van der Waals surface area contributed by atoms with Crippen LogP contribution in [0.2, 0.25) is 0 Å². The van der Waals surface area contributed by atoms with Crippen LogP contribution >= 0.6 is 0 Å². The van der Waals surface area contributed by atoms with Crippen LogP contribution in [0.4, 0.5) is 5.69 Å². The van der Waals surface area contributed by atoms with Gasteiger partial charge in [0.15, 0.2) is 5.78 Å². The Morgan fingerprint density at radius 1 is 1.15 bits per heavy atom. The predicted octanol–water partition coefficient (Wildman–Crippen LogP) is 4.14. The number of ketones is 1. The molecule has 0 fully saturated rings. The van der Waals surface area contributed by atoms with Gasteiger partial charge in [0.25, 0.3) is 5.70 Å². The highest BCUT2D eigenvalue weighted by molar-refractivity contribution is 6.07. The molecule has 2 aliphatic rings. The second kappa shape index (κ2) is 6.09. The fraction of sp³-hybridized carbons (Fsp3) is 0.286. The molecular weight excluding hydrogens is 328 g/mol. The van der Waals surface area contributed by atoms with E-state index >= 15 is 0 Å². The summed E-state index contributed by atoms with van der Waals surface area (Å²) in [4.78, 5) is 24.7. The number of carbonyl (C=O) groups excluding carboxylic acids is 1. The molecule has 134 valence electrons. The van der Waals surface area contributed by atoms with Gasteiger partial charge in [-0.15, -0.1) is 0 Å². The molecule has 0 bridgehead atoms. The van der Waals surface area contributed by atoms with Crippen LogP contribution in [0.3, 0.4) is 0 Å². The van der Waals surface area contributed by atoms with Gasteiger partial charge in [-0.2, -0.15) is 0 Å². The molecule has 3 rings (SSSR count). The number of fused-ring (bicyclic) bond motifs is 1. The van der Waals surface area contributed by atoms with Gasteiger partial charge in [0.2, 0.25) is 0 Å². The van der Waals surface area contributed by atoms with Crippen molar-refractivity contribution in [2.45, 2.75) is 33.1 Å². The van der Waals surface area contributed by atoms with Gasteiger partial charge in [0, 0.05) is 41.6 Å². The number of hydrogen-bond acceptors (Lipinski definition) is 4. The van der Waals surface area contributed by atoms with Crippen molar-refractivity contribution in [1.82, 2.24) is 0 Å². The van der Waals surface area contributed by atoms with E-state index in [0.717, 1.165) is 5.70 Å². The van der Waals surface area contributed by atoms with Crippen molar-refractivity contribution >= 4 is 11.5 Å². The van der Waals surface area contributed by atoms with Gasteiger partial charge in [0.1, 0.15) is 0 Å². The van der Waals surface area contributed by atoms with E-state index in [1.165, 1.54) is 40.6 Å². The van der Waals surface area contributed by atoms with Gasteiger partial charge < -0.3 is 4.90 Å². The summed E-state index contributed by atoms with van der Waals surface area (Å²) in [6.07, 6.45) is 7.38. The topological polar surface area (TPSA) is 63.5 Å². The number of aryl methyl sites for hydroxylation is 2. The Labute approximate surface area is 153 Å². The minimum absolute atomic E-state index is 0.0805. The van der Waals surface area contributed by atoms with Crippen molar-refractivity contribution in [3.05, 3.63) is 86.3 Å². The van der Waals surface area contributed by atoms with E-state index in [9.17, 15) is 14.9 Å².